The van der Waals surface area contributed by atoms with Crippen LogP contribution in [0.2, 0.25) is 0 Å². The number of hydrazone groups is 1. The van der Waals surface area contributed by atoms with E-state index in [9.17, 15) is 4.79 Å². The quantitative estimate of drug-likeness (QED) is 0.682. The van der Waals surface area contributed by atoms with Crippen LogP contribution in [0.3, 0.4) is 0 Å². The molecule has 1 aromatic carbocycles. The van der Waals surface area contributed by atoms with E-state index in [4.69, 9.17) is 4.74 Å². The Morgan fingerprint density at radius 1 is 1.29 bits per heavy atom. The standard InChI is InChI=1S/C20H24N4O2S2/c1-3-5-11-28-20-22-21-19-23(13-14-8-6-7-9-16(14)26-4-2)18(25)17-15(24(19)20)10-12-27-17/h6-10,12,19,21H,3-5,11,13H2,1-2H3. The van der Waals surface area contributed by atoms with Gasteiger partial charge >= 0.3 is 0 Å². The minimum atomic E-state index is -0.312. The fourth-order valence-electron chi connectivity index (χ4n) is 3.35. The van der Waals surface area contributed by atoms with Crippen LogP contribution in [0.1, 0.15) is 41.9 Å². The van der Waals surface area contributed by atoms with E-state index in [1.54, 1.807) is 11.8 Å². The third-order valence-electron chi connectivity index (χ3n) is 4.72. The number of fused-ring (bicyclic) bond motifs is 3. The highest BCUT2D eigenvalue weighted by Gasteiger charge is 2.44. The van der Waals surface area contributed by atoms with Gasteiger partial charge in [0, 0.05) is 11.3 Å². The largest absolute Gasteiger partial charge is 0.494 e. The number of carbonyl (C=O) groups excluding carboxylic acids is 1. The first kappa shape index (κ1) is 19.1. The monoisotopic (exact) mass is 416 g/mol. The summed E-state index contributed by atoms with van der Waals surface area (Å²) in [6.07, 6.45) is 1.98. The number of anilines is 1. The second-order valence-electron chi connectivity index (χ2n) is 6.58. The topological polar surface area (TPSA) is 57.2 Å². The molecule has 0 spiro atoms. The molecule has 0 saturated heterocycles. The number of unbranched alkanes of at least 4 members (excludes halogenated alkanes) is 1. The van der Waals surface area contributed by atoms with Gasteiger partial charge in [-0.3, -0.25) is 20.0 Å². The maximum absolute atomic E-state index is 13.2. The maximum atomic E-state index is 13.2. The van der Waals surface area contributed by atoms with Crippen LogP contribution >= 0.6 is 23.1 Å². The van der Waals surface area contributed by atoms with Crippen LogP contribution in [-0.4, -0.2) is 34.6 Å². The number of thioether (sulfide) groups is 1. The molecular formula is C20H24N4O2S2. The summed E-state index contributed by atoms with van der Waals surface area (Å²) in [5.41, 5.74) is 5.12. The number of hydrogen-bond acceptors (Lipinski definition) is 7. The molecule has 4 rings (SSSR count). The minimum absolute atomic E-state index is 0.0278. The van der Waals surface area contributed by atoms with E-state index >= 15 is 0 Å². The molecule has 1 aromatic heterocycles. The molecule has 2 aromatic rings. The van der Waals surface area contributed by atoms with Gasteiger partial charge in [-0.05, 0) is 30.9 Å². The van der Waals surface area contributed by atoms with E-state index in [1.807, 2.05) is 47.5 Å². The number of amides is 1. The number of rotatable bonds is 7. The zero-order chi connectivity index (χ0) is 19.5. The number of benzene rings is 1. The molecule has 0 radical (unpaired) electrons. The fourth-order valence-corrected chi connectivity index (χ4v) is 5.26. The van der Waals surface area contributed by atoms with Gasteiger partial charge < -0.3 is 4.74 Å². The third kappa shape index (κ3) is 3.46. The molecule has 1 amide bonds. The van der Waals surface area contributed by atoms with Crippen molar-refractivity contribution in [1.29, 1.82) is 0 Å². The summed E-state index contributed by atoms with van der Waals surface area (Å²) < 4.78 is 5.76. The van der Waals surface area contributed by atoms with Gasteiger partial charge in [-0.2, -0.15) is 5.10 Å². The maximum Gasteiger partial charge on any atom is 0.269 e. The van der Waals surface area contributed by atoms with Gasteiger partial charge in [-0.1, -0.05) is 43.3 Å². The summed E-state index contributed by atoms with van der Waals surface area (Å²) in [6.45, 7) is 5.21. The second kappa shape index (κ2) is 8.45. The average Bonchev–Trinajstić information content (AvgIpc) is 3.34. The predicted octanol–water partition coefficient (Wildman–Crippen LogP) is 4.30. The molecule has 3 heterocycles. The first-order valence-electron chi connectivity index (χ1n) is 9.59. The number of ether oxygens (including phenoxy) is 1. The predicted molar refractivity (Wildman–Crippen MR) is 116 cm³/mol. The lowest BCUT2D eigenvalue weighted by atomic mass is 10.1. The molecule has 0 fully saturated rings. The van der Waals surface area contributed by atoms with E-state index in [1.165, 1.54) is 11.3 Å². The Balaban J connectivity index is 1.63. The Labute approximate surface area is 173 Å². The number of nitrogens with zero attached hydrogens (tertiary/aromatic N) is 3. The van der Waals surface area contributed by atoms with Gasteiger partial charge in [0.15, 0.2) is 5.17 Å². The normalized spacial score (nSPS) is 17.9. The molecule has 148 valence electrons. The summed E-state index contributed by atoms with van der Waals surface area (Å²) in [5.74, 6) is 1.86. The van der Waals surface area contributed by atoms with E-state index in [0.29, 0.717) is 13.2 Å². The number of carbonyl (C=O) groups is 1. The van der Waals surface area contributed by atoms with Gasteiger partial charge in [-0.25, -0.2) is 0 Å². The SMILES string of the molecule is CCCCSC1=NNC2N(Cc3ccccc3OCC)C(=O)c3sccc3N12. The molecule has 1 N–H and O–H groups in total. The fraction of sp³-hybridized carbons (Fsp3) is 0.400. The smallest absolute Gasteiger partial charge is 0.269 e. The summed E-state index contributed by atoms with van der Waals surface area (Å²) in [7, 11) is 0. The molecule has 0 saturated carbocycles. The number of nitrogens with one attached hydrogen (secondary N) is 1. The highest BCUT2D eigenvalue weighted by Crippen LogP contribution is 2.39. The molecule has 0 bridgehead atoms. The van der Waals surface area contributed by atoms with Crippen molar-refractivity contribution in [2.75, 3.05) is 17.3 Å². The molecule has 6 nitrogen and oxygen atoms in total. The van der Waals surface area contributed by atoms with E-state index < -0.39 is 0 Å². The van der Waals surface area contributed by atoms with E-state index in [2.05, 4.69) is 22.4 Å². The molecule has 2 aliphatic heterocycles. The van der Waals surface area contributed by atoms with Crippen molar-refractivity contribution in [3.63, 3.8) is 0 Å². The highest BCUT2D eigenvalue weighted by molar-refractivity contribution is 8.14. The average molecular weight is 417 g/mol. The highest BCUT2D eigenvalue weighted by atomic mass is 32.2. The molecule has 0 aliphatic carbocycles. The molecule has 1 unspecified atom stereocenters. The Hall–Kier alpha value is -2.19. The van der Waals surface area contributed by atoms with Gasteiger partial charge in [-0.15, -0.1) is 11.3 Å². The van der Waals surface area contributed by atoms with Crippen LogP contribution in [0.4, 0.5) is 5.69 Å². The van der Waals surface area contributed by atoms with Crippen molar-refractivity contribution in [3.8, 4) is 5.75 Å². The van der Waals surface area contributed by atoms with Crippen molar-refractivity contribution in [3.05, 3.63) is 46.2 Å². The van der Waals surface area contributed by atoms with E-state index in [0.717, 1.165) is 45.6 Å². The van der Waals surface area contributed by atoms with Crippen LogP contribution in [0, 0.1) is 0 Å². The van der Waals surface area contributed by atoms with Gasteiger partial charge in [0.05, 0.1) is 18.8 Å². The van der Waals surface area contributed by atoms with Gasteiger partial charge in [0.25, 0.3) is 5.91 Å². The zero-order valence-corrected chi connectivity index (χ0v) is 17.7. The van der Waals surface area contributed by atoms with Crippen molar-refractivity contribution in [1.82, 2.24) is 10.3 Å². The lowest BCUT2D eigenvalue weighted by Crippen LogP contribution is -2.57. The summed E-state index contributed by atoms with van der Waals surface area (Å²) in [5, 5.41) is 7.45. The summed E-state index contributed by atoms with van der Waals surface area (Å²) in [6, 6.07) is 9.91. The first-order valence-corrected chi connectivity index (χ1v) is 11.5. The summed E-state index contributed by atoms with van der Waals surface area (Å²) >= 11 is 3.22. The molecule has 8 heteroatoms. The zero-order valence-electron chi connectivity index (χ0n) is 16.1. The Morgan fingerprint density at radius 3 is 2.96 bits per heavy atom. The van der Waals surface area contributed by atoms with E-state index in [-0.39, 0.29) is 12.2 Å². The van der Waals surface area contributed by atoms with Crippen LogP contribution in [0.25, 0.3) is 0 Å². The van der Waals surface area contributed by atoms with Crippen molar-refractivity contribution >= 4 is 39.9 Å². The van der Waals surface area contributed by atoms with Crippen LogP contribution in [0.5, 0.6) is 5.75 Å². The lowest BCUT2D eigenvalue weighted by molar-refractivity contribution is 0.0627. The second-order valence-corrected chi connectivity index (χ2v) is 8.56. The minimum Gasteiger partial charge on any atom is -0.494 e. The van der Waals surface area contributed by atoms with Crippen LogP contribution in [-0.2, 0) is 6.54 Å². The Kier molecular flexibility index (Phi) is 5.77. The number of amidine groups is 1. The van der Waals surface area contributed by atoms with Crippen molar-refractivity contribution in [2.24, 2.45) is 5.10 Å². The molecule has 1 atom stereocenters. The number of thiophene rings is 1. The third-order valence-corrected chi connectivity index (χ3v) is 6.65. The summed E-state index contributed by atoms with van der Waals surface area (Å²) in [4.78, 5) is 18.0. The Morgan fingerprint density at radius 2 is 2.14 bits per heavy atom. The molecular weight excluding hydrogens is 392 g/mol. The van der Waals surface area contributed by atoms with Crippen molar-refractivity contribution in [2.45, 2.75) is 39.5 Å². The molecule has 2 aliphatic rings. The van der Waals surface area contributed by atoms with Crippen LogP contribution < -0.4 is 15.1 Å². The number of hydrogen-bond donors (Lipinski definition) is 1. The number of para-hydroxylation sites is 1. The van der Waals surface area contributed by atoms with Crippen LogP contribution in [0.15, 0.2) is 40.8 Å². The van der Waals surface area contributed by atoms with Gasteiger partial charge in [0.1, 0.15) is 10.6 Å². The van der Waals surface area contributed by atoms with Crippen molar-refractivity contribution < 1.29 is 9.53 Å². The van der Waals surface area contributed by atoms with Gasteiger partial charge in [0.2, 0.25) is 6.29 Å². The Bertz CT molecular complexity index is 883. The molecule has 28 heavy (non-hydrogen) atoms. The lowest BCUT2D eigenvalue weighted by Gasteiger charge is -2.39. The first-order chi connectivity index (χ1) is 13.7.